The molecule has 112 valence electrons. The van der Waals surface area contributed by atoms with Crippen LogP contribution in [0.5, 0.6) is 0 Å². The van der Waals surface area contributed by atoms with Crippen molar-refractivity contribution >= 4 is 17.9 Å². The van der Waals surface area contributed by atoms with Crippen molar-refractivity contribution in [2.24, 2.45) is 5.73 Å². The molecule has 1 atom stereocenters. The lowest BCUT2D eigenvalue weighted by molar-refractivity contribution is -0.141. The predicted octanol–water partition coefficient (Wildman–Crippen LogP) is -1.20. The van der Waals surface area contributed by atoms with Crippen LogP contribution in [0.2, 0.25) is 0 Å². The molecule has 0 aromatic rings. The number of primary amides is 1. The van der Waals surface area contributed by atoms with Gasteiger partial charge in [-0.2, -0.15) is 0 Å². The average Bonchev–Trinajstić information content (AvgIpc) is 3.21. The molecule has 0 radical (unpaired) electrons. The van der Waals surface area contributed by atoms with Gasteiger partial charge >= 0.3 is 12.0 Å². The molecule has 0 aromatic carbocycles. The molecule has 0 spiro atoms. The second-order valence-corrected chi connectivity index (χ2v) is 5.26. The topological polar surface area (TPSA) is 116 Å². The molecule has 1 aliphatic carbocycles. The van der Waals surface area contributed by atoms with Crippen molar-refractivity contribution in [1.82, 2.24) is 15.1 Å². The molecule has 20 heavy (non-hydrogen) atoms. The highest BCUT2D eigenvalue weighted by molar-refractivity contribution is 5.87. The third-order valence-electron chi connectivity index (χ3n) is 3.67. The van der Waals surface area contributed by atoms with Gasteiger partial charge in [0.25, 0.3) is 0 Å². The molecule has 8 heteroatoms. The minimum atomic E-state index is -1.26. The van der Waals surface area contributed by atoms with E-state index in [9.17, 15) is 14.4 Å². The van der Waals surface area contributed by atoms with Gasteiger partial charge in [0.05, 0.1) is 6.42 Å². The van der Waals surface area contributed by atoms with E-state index in [1.54, 1.807) is 4.90 Å². The van der Waals surface area contributed by atoms with Crippen LogP contribution >= 0.6 is 0 Å². The highest BCUT2D eigenvalue weighted by Crippen LogP contribution is 2.27. The molecule has 2 fully saturated rings. The standard InChI is InChI=1S/C12H20N4O4/c13-10(17)7-9(11(18)19)14-12(20)16-5-3-15(4-6-16)8-1-2-8/h8-9H,1-7H2,(H2,13,17)(H,14,20)(H,18,19)/t9-/m1/s1. The van der Waals surface area contributed by atoms with Crippen LogP contribution in [0.15, 0.2) is 0 Å². The number of piperazine rings is 1. The molecule has 1 saturated carbocycles. The molecule has 8 nitrogen and oxygen atoms in total. The number of hydrogen-bond acceptors (Lipinski definition) is 4. The molecule has 2 rings (SSSR count). The van der Waals surface area contributed by atoms with Crippen LogP contribution in [0.4, 0.5) is 4.79 Å². The van der Waals surface area contributed by atoms with Gasteiger partial charge in [0.2, 0.25) is 5.91 Å². The van der Waals surface area contributed by atoms with E-state index < -0.39 is 30.4 Å². The maximum Gasteiger partial charge on any atom is 0.326 e. The van der Waals surface area contributed by atoms with Crippen molar-refractivity contribution in [3.63, 3.8) is 0 Å². The Morgan fingerprint density at radius 3 is 2.25 bits per heavy atom. The Morgan fingerprint density at radius 2 is 1.80 bits per heavy atom. The number of carboxylic acid groups (broad SMARTS) is 1. The van der Waals surface area contributed by atoms with Crippen molar-refractivity contribution in [1.29, 1.82) is 0 Å². The minimum Gasteiger partial charge on any atom is -0.480 e. The van der Waals surface area contributed by atoms with E-state index in [2.05, 4.69) is 10.2 Å². The van der Waals surface area contributed by atoms with E-state index in [4.69, 9.17) is 10.8 Å². The highest BCUT2D eigenvalue weighted by atomic mass is 16.4. The summed E-state index contributed by atoms with van der Waals surface area (Å²) in [7, 11) is 0. The van der Waals surface area contributed by atoms with Crippen LogP contribution in [0.25, 0.3) is 0 Å². The molecule has 0 unspecified atom stereocenters. The number of carbonyl (C=O) groups excluding carboxylic acids is 2. The van der Waals surface area contributed by atoms with Gasteiger partial charge in [-0.3, -0.25) is 9.69 Å². The largest absolute Gasteiger partial charge is 0.480 e. The maximum absolute atomic E-state index is 12.0. The van der Waals surface area contributed by atoms with Crippen molar-refractivity contribution in [3.8, 4) is 0 Å². The van der Waals surface area contributed by atoms with Crippen LogP contribution in [0.3, 0.4) is 0 Å². The SMILES string of the molecule is NC(=O)C[C@@H](NC(=O)N1CCN(C2CC2)CC1)C(=O)O. The Bertz CT molecular complexity index is 402. The first-order chi connectivity index (χ1) is 9.47. The summed E-state index contributed by atoms with van der Waals surface area (Å²) in [5, 5.41) is 11.3. The lowest BCUT2D eigenvalue weighted by Crippen LogP contribution is -2.55. The minimum absolute atomic E-state index is 0.400. The van der Waals surface area contributed by atoms with E-state index in [1.165, 1.54) is 12.8 Å². The summed E-state index contributed by atoms with van der Waals surface area (Å²) in [5.41, 5.74) is 4.97. The molecule has 0 bridgehead atoms. The first-order valence-electron chi connectivity index (χ1n) is 6.78. The molecule has 1 saturated heterocycles. The zero-order chi connectivity index (χ0) is 14.7. The van der Waals surface area contributed by atoms with Crippen molar-refractivity contribution < 1.29 is 19.5 Å². The van der Waals surface area contributed by atoms with E-state index in [-0.39, 0.29) is 0 Å². The molecule has 4 N–H and O–H groups in total. The first-order valence-corrected chi connectivity index (χ1v) is 6.78. The van der Waals surface area contributed by atoms with Gasteiger partial charge in [-0.15, -0.1) is 0 Å². The fraction of sp³-hybridized carbons (Fsp3) is 0.750. The summed E-state index contributed by atoms with van der Waals surface area (Å²) < 4.78 is 0. The maximum atomic E-state index is 12.0. The van der Waals surface area contributed by atoms with E-state index in [1.807, 2.05) is 0 Å². The van der Waals surface area contributed by atoms with Gasteiger partial charge in [0.15, 0.2) is 0 Å². The summed E-state index contributed by atoms with van der Waals surface area (Å²) >= 11 is 0. The van der Waals surface area contributed by atoms with Crippen LogP contribution in [0.1, 0.15) is 19.3 Å². The molecule has 1 heterocycles. The second kappa shape index (κ2) is 6.08. The van der Waals surface area contributed by atoms with Gasteiger partial charge in [-0.05, 0) is 12.8 Å². The summed E-state index contributed by atoms with van der Waals surface area (Å²) in [6, 6.07) is -1.04. The third kappa shape index (κ3) is 3.83. The molecule has 3 amide bonds. The first kappa shape index (κ1) is 14.6. The summed E-state index contributed by atoms with van der Waals surface area (Å²) in [4.78, 5) is 37.6. The Balaban J connectivity index is 1.81. The summed E-state index contributed by atoms with van der Waals surface area (Å²) in [6.07, 6.45) is 2.06. The number of carbonyl (C=O) groups is 3. The van der Waals surface area contributed by atoms with Gasteiger partial charge < -0.3 is 21.1 Å². The van der Waals surface area contributed by atoms with Crippen LogP contribution in [-0.4, -0.2) is 71.1 Å². The zero-order valence-corrected chi connectivity index (χ0v) is 11.2. The fourth-order valence-electron chi connectivity index (χ4n) is 2.37. The van der Waals surface area contributed by atoms with E-state index in [0.29, 0.717) is 19.1 Å². The second-order valence-electron chi connectivity index (χ2n) is 5.26. The number of urea groups is 1. The highest BCUT2D eigenvalue weighted by Gasteiger charge is 2.33. The van der Waals surface area contributed by atoms with Crippen molar-refractivity contribution in [3.05, 3.63) is 0 Å². The Kier molecular flexibility index (Phi) is 4.43. The third-order valence-corrected chi connectivity index (χ3v) is 3.67. The van der Waals surface area contributed by atoms with Gasteiger partial charge in [0.1, 0.15) is 6.04 Å². The van der Waals surface area contributed by atoms with Gasteiger partial charge in [-0.1, -0.05) is 0 Å². The van der Waals surface area contributed by atoms with Crippen LogP contribution in [0, 0.1) is 0 Å². The molecule has 2 aliphatic rings. The number of rotatable bonds is 5. The number of nitrogens with zero attached hydrogens (tertiary/aromatic N) is 2. The number of aliphatic carboxylic acids is 1. The Labute approximate surface area is 116 Å². The Hall–Kier alpha value is -1.83. The van der Waals surface area contributed by atoms with Crippen molar-refractivity contribution in [2.45, 2.75) is 31.3 Å². The number of carboxylic acids is 1. The zero-order valence-electron chi connectivity index (χ0n) is 11.2. The average molecular weight is 284 g/mol. The lowest BCUT2D eigenvalue weighted by Gasteiger charge is -2.35. The number of nitrogens with one attached hydrogen (secondary N) is 1. The normalized spacial score (nSPS) is 21.3. The Morgan fingerprint density at radius 1 is 1.20 bits per heavy atom. The lowest BCUT2D eigenvalue weighted by atomic mass is 10.2. The smallest absolute Gasteiger partial charge is 0.326 e. The predicted molar refractivity (Wildman–Crippen MR) is 69.9 cm³/mol. The van der Waals surface area contributed by atoms with Crippen molar-refractivity contribution in [2.75, 3.05) is 26.2 Å². The van der Waals surface area contributed by atoms with Gasteiger partial charge in [-0.25, -0.2) is 9.59 Å². The molecule has 1 aliphatic heterocycles. The molecule has 0 aromatic heterocycles. The van der Waals surface area contributed by atoms with Crippen LogP contribution in [-0.2, 0) is 9.59 Å². The number of nitrogens with two attached hydrogens (primary N) is 1. The van der Waals surface area contributed by atoms with Gasteiger partial charge in [0, 0.05) is 32.2 Å². The number of amides is 3. The molecular formula is C12H20N4O4. The van der Waals surface area contributed by atoms with E-state index in [0.717, 1.165) is 13.1 Å². The number of hydrogen-bond donors (Lipinski definition) is 3. The molecular weight excluding hydrogens is 264 g/mol. The van der Waals surface area contributed by atoms with Crippen LogP contribution < -0.4 is 11.1 Å². The monoisotopic (exact) mass is 284 g/mol. The summed E-state index contributed by atoms with van der Waals surface area (Å²) in [6.45, 7) is 2.77. The quantitative estimate of drug-likeness (QED) is 0.586. The van der Waals surface area contributed by atoms with E-state index >= 15 is 0 Å². The fourth-order valence-corrected chi connectivity index (χ4v) is 2.37. The summed E-state index contributed by atoms with van der Waals surface area (Å²) in [5.74, 6) is -2.01.